The molecule has 3 heterocycles. The summed E-state index contributed by atoms with van der Waals surface area (Å²) in [5, 5.41) is 10.7. The van der Waals surface area contributed by atoms with Crippen LogP contribution < -0.4 is 15.0 Å². The van der Waals surface area contributed by atoms with E-state index in [1.807, 2.05) is 12.1 Å². The molecule has 1 saturated heterocycles. The number of carbonyl (C=O) groups excluding carboxylic acids is 1. The smallest absolute Gasteiger partial charge is 0.259 e. The number of nitrogens with one attached hydrogen (secondary N) is 1. The number of amides is 1. The molecule has 1 fully saturated rings. The maximum absolute atomic E-state index is 12.6. The Labute approximate surface area is 165 Å². The molecule has 1 N–H and O–H groups in total. The highest BCUT2D eigenvalue weighted by atomic mass is 32.1. The van der Waals surface area contributed by atoms with Crippen molar-refractivity contribution in [3.8, 4) is 16.5 Å². The molecule has 0 bridgehead atoms. The van der Waals surface area contributed by atoms with Crippen LogP contribution in [-0.4, -0.2) is 54.5 Å². The Kier molecular flexibility index (Phi) is 5.49. The van der Waals surface area contributed by atoms with Gasteiger partial charge >= 0.3 is 0 Å². The molecular formula is C18H19N5O4S. The number of nitrogens with zero attached hydrogens (tertiary/aromatic N) is 4. The summed E-state index contributed by atoms with van der Waals surface area (Å²) in [4.78, 5) is 19.6. The van der Waals surface area contributed by atoms with Gasteiger partial charge in [-0.3, -0.25) is 9.78 Å². The molecule has 146 valence electrons. The Morgan fingerprint density at radius 1 is 1.32 bits per heavy atom. The lowest BCUT2D eigenvalue weighted by Crippen LogP contribution is -2.36. The van der Waals surface area contributed by atoms with Crippen LogP contribution in [0.25, 0.3) is 10.8 Å². The first-order chi connectivity index (χ1) is 13.7. The second-order valence-electron chi connectivity index (χ2n) is 6.03. The van der Waals surface area contributed by atoms with Crippen LogP contribution in [-0.2, 0) is 11.3 Å². The summed E-state index contributed by atoms with van der Waals surface area (Å²) in [5.41, 5.74) is 3.14. The van der Waals surface area contributed by atoms with Crippen LogP contribution in [0.15, 0.2) is 34.3 Å². The summed E-state index contributed by atoms with van der Waals surface area (Å²) in [6, 6.07) is 5.54. The molecule has 1 aromatic carbocycles. The lowest BCUT2D eigenvalue weighted by atomic mass is 10.1. The van der Waals surface area contributed by atoms with Crippen molar-refractivity contribution < 1.29 is 18.7 Å². The minimum Gasteiger partial charge on any atom is -0.496 e. The number of anilines is 1. The summed E-state index contributed by atoms with van der Waals surface area (Å²) in [7, 11) is 1.55. The van der Waals surface area contributed by atoms with E-state index in [9.17, 15) is 4.79 Å². The van der Waals surface area contributed by atoms with E-state index in [2.05, 4.69) is 25.4 Å². The SMILES string of the molecule is COc1cc(N2CCOCC2)ccc1C(=O)NCc1nnc(-c2cncs2)o1. The van der Waals surface area contributed by atoms with E-state index in [1.54, 1.807) is 24.9 Å². The predicted molar refractivity (Wildman–Crippen MR) is 103 cm³/mol. The first kappa shape index (κ1) is 18.4. The van der Waals surface area contributed by atoms with Gasteiger partial charge in [-0.2, -0.15) is 0 Å². The number of hydrogen-bond donors (Lipinski definition) is 1. The van der Waals surface area contributed by atoms with Crippen molar-refractivity contribution in [3.05, 3.63) is 41.4 Å². The molecule has 1 aliphatic rings. The molecule has 9 nitrogen and oxygen atoms in total. The van der Waals surface area contributed by atoms with Crippen LogP contribution in [0.4, 0.5) is 5.69 Å². The van der Waals surface area contributed by atoms with Gasteiger partial charge in [0, 0.05) is 24.8 Å². The number of aromatic nitrogens is 3. The number of thiazole rings is 1. The average Bonchev–Trinajstić information content (AvgIpc) is 3.44. The molecule has 0 spiro atoms. The van der Waals surface area contributed by atoms with Gasteiger partial charge in [-0.05, 0) is 12.1 Å². The number of hydrogen-bond acceptors (Lipinski definition) is 9. The second kappa shape index (κ2) is 8.36. The van der Waals surface area contributed by atoms with E-state index in [0.717, 1.165) is 23.7 Å². The van der Waals surface area contributed by atoms with Gasteiger partial charge in [-0.25, -0.2) is 0 Å². The first-order valence-electron chi connectivity index (χ1n) is 8.75. The number of carbonyl (C=O) groups is 1. The third-order valence-electron chi connectivity index (χ3n) is 4.32. The standard InChI is InChI=1S/C18H19N5O4S/c1-25-14-8-12(23-4-6-26-7-5-23)2-3-13(14)17(24)20-10-16-21-22-18(27-16)15-9-19-11-28-15/h2-3,8-9,11H,4-7,10H2,1H3,(H,20,24). The predicted octanol–water partition coefficient (Wildman–Crippen LogP) is 1.97. The highest BCUT2D eigenvalue weighted by molar-refractivity contribution is 7.13. The molecule has 0 unspecified atom stereocenters. The maximum atomic E-state index is 12.6. The summed E-state index contributed by atoms with van der Waals surface area (Å²) in [5.74, 6) is 0.945. The quantitative estimate of drug-likeness (QED) is 0.669. The third kappa shape index (κ3) is 3.97. The van der Waals surface area contributed by atoms with Crippen LogP contribution in [0.2, 0.25) is 0 Å². The van der Waals surface area contributed by atoms with E-state index >= 15 is 0 Å². The Hall–Kier alpha value is -2.98. The third-order valence-corrected chi connectivity index (χ3v) is 5.08. The minimum absolute atomic E-state index is 0.124. The Bertz CT molecular complexity index is 937. The molecule has 2 aromatic heterocycles. The molecule has 28 heavy (non-hydrogen) atoms. The van der Waals surface area contributed by atoms with Crippen LogP contribution >= 0.6 is 11.3 Å². The van der Waals surface area contributed by atoms with Gasteiger partial charge in [0.15, 0.2) is 0 Å². The zero-order valence-corrected chi connectivity index (χ0v) is 16.1. The van der Waals surface area contributed by atoms with E-state index in [4.69, 9.17) is 13.9 Å². The van der Waals surface area contributed by atoms with Gasteiger partial charge in [0.1, 0.15) is 10.6 Å². The van der Waals surface area contributed by atoms with Gasteiger partial charge in [-0.1, -0.05) is 0 Å². The lowest BCUT2D eigenvalue weighted by Gasteiger charge is -2.29. The van der Waals surface area contributed by atoms with Crippen molar-refractivity contribution in [2.24, 2.45) is 0 Å². The van der Waals surface area contributed by atoms with Crippen LogP contribution in [0.3, 0.4) is 0 Å². The van der Waals surface area contributed by atoms with Crippen molar-refractivity contribution >= 4 is 22.9 Å². The van der Waals surface area contributed by atoms with Crippen LogP contribution in [0.5, 0.6) is 5.75 Å². The summed E-state index contributed by atoms with van der Waals surface area (Å²) in [6.45, 7) is 3.14. The van der Waals surface area contributed by atoms with Gasteiger partial charge < -0.3 is 24.1 Å². The molecule has 1 aliphatic heterocycles. The summed E-state index contributed by atoms with van der Waals surface area (Å²) < 4.78 is 16.4. The van der Waals surface area contributed by atoms with Gasteiger partial charge in [0.05, 0.1) is 44.1 Å². The lowest BCUT2D eigenvalue weighted by molar-refractivity contribution is 0.0944. The zero-order valence-electron chi connectivity index (χ0n) is 15.3. The molecule has 0 saturated carbocycles. The Balaban J connectivity index is 1.42. The van der Waals surface area contributed by atoms with E-state index < -0.39 is 0 Å². The number of morpholine rings is 1. The topological polar surface area (TPSA) is 103 Å². The normalized spacial score (nSPS) is 14.1. The van der Waals surface area contributed by atoms with Gasteiger partial charge in [0.2, 0.25) is 5.89 Å². The van der Waals surface area contributed by atoms with Crippen molar-refractivity contribution in [2.45, 2.75) is 6.54 Å². The fraction of sp³-hybridized carbons (Fsp3) is 0.333. The maximum Gasteiger partial charge on any atom is 0.259 e. The minimum atomic E-state index is -0.275. The zero-order chi connectivity index (χ0) is 19.3. The molecule has 4 rings (SSSR count). The number of methoxy groups -OCH3 is 1. The largest absolute Gasteiger partial charge is 0.496 e. The van der Waals surface area contributed by atoms with E-state index in [-0.39, 0.29) is 12.5 Å². The Morgan fingerprint density at radius 3 is 2.93 bits per heavy atom. The Morgan fingerprint density at radius 2 is 2.18 bits per heavy atom. The van der Waals surface area contributed by atoms with E-state index in [0.29, 0.717) is 36.3 Å². The summed E-state index contributed by atoms with van der Waals surface area (Å²) in [6.07, 6.45) is 1.65. The van der Waals surface area contributed by atoms with Crippen molar-refractivity contribution in [1.29, 1.82) is 0 Å². The monoisotopic (exact) mass is 401 g/mol. The second-order valence-corrected chi connectivity index (χ2v) is 6.92. The van der Waals surface area contributed by atoms with Crippen LogP contribution in [0.1, 0.15) is 16.2 Å². The van der Waals surface area contributed by atoms with Crippen molar-refractivity contribution in [1.82, 2.24) is 20.5 Å². The fourth-order valence-electron chi connectivity index (χ4n) is 2.88. The molecule has 0 atom stereocenters. The van der Waals surface area contributed by atoms with Crippen molar-refractivity contribution in [2.75, 3.05) is 38.3 Å². The molecule has 0 aliphatic carbocycles. The summed E-state index contributed by atoms with van der Waals surface area (Å²) >= 11 is 1.41. The highest BCUT2D eigenvalue weighted by Gasteiger charge is 2.18. The molecular weight excluding hydrogens is 382 g/mol. The van der Waals surface area contributed by atoms with Gasteiger partial charge in [0.25, 0.3) is 11.8 Å². The fourth-order valence-corrected chi connectivity index (χ4v) is 3.42. The van der Waals surface area contributed by atoms with Crippen molar-refractivity contribution in [3.63, 3.8) is 0 Å². The first-order valence-corrected chi connectivity index (χ1v) is 9.63. The van der Waals surface area contributed by atoms with Crippen LogP contribution in [0, 0.1) is 0 Å². The average molecular weight is 401 g/mol. The van der Waals surface area contributed by atoms with Gasteiger partial charge in [-0.15, -0.1) is 21.5 Å². The molecule has 0 radical (unpaired) electrons. The molecule has 10 heteroatoms. The number of rotatable bonds is 6. The molecule has 3 aromatic rings. The number of benzene rings is 1. The highest BCUT2D eigenvalue weighted by Crippen LogP contribution is 2.26. The van der Waals surface area contributed by atoms with E-state index in [1.165, 1.54) is 11.3 Å². The molecule has 1 amide bonds. The number of ether oxygens (including phenoxy) is 2.